The summed E-state index contributed by atoms with van der Waals surface area (Å²) in [6.45, 7) is 5.65. The number of nitrogens with zero attached hydrogens (tertiary/aromatic N) is 2. The van der Waals surface area contributed by atoms with Crippen molar-refractivity contribution in [2.45, 2.75) is 67.8 Å². The van der Waals surface area contributed by atoms with Crippen molar-refractivity contribution in [1.29, 1.82) is 0 Å². The lowest BCUT2D eigenvalue weighted by atomic mass is 9.70. The molecule has 5 atom stereocenters. The van der Waals surface area contributed by atoms with Gasteiger partial charge < -0.3 is 33.5 Å². The molecular weight excluding hydrogens is 686 g/mol. The molecule has 2 fully saturated rings. The summed E-state index contributed by atoms with van der Waals surface area (Å²) < 4.78 is 60.0. The second kappa shape index (κ2) is 13.6. The Morgan fingerprint density at radius 3 is 2.70 bits per heavy atom. The van der Waals surface area contributed by atoms with Gasteiger partial charge in [-0.15, -0.1) is 0 Å². The molecule has 7 rings (SSSR count). The molecule has 0 aromatic heterocycles. The molecule has 1 spiro atoms. The number of sulfonamides is 1. The molecular formula is C36H44ClN3O9S. The largest absolute Gasteiger partial charge is 0.488 e. The van der Waals surface area contributed by atoms with Crippen LogP contribution in [0.1, 0.15) is 44.2 Å². The van der Waals surface area contributed by atoms with Gasteiger partial charge in [-0.05, 0) is 93.0 Å². The molecule has 2 aromatic carbocycles. The molecule has 2 aromatic rings. The van der Waals surface area contributed by atoms with Gasteiger partial charge >= 0.3 is 6.09 Å². The van der Waals surface area contributed by atoms with E-state index in [0.29, 0.717) is 55.8 Å². The van der Waals surface area contributed by atoms with Crippen molar-refractivity contribution in [3.8, 4) is 5.75 Å². The van der Waals surface area contributed by atoms with Gasteiger partial charge in [0.25, 0.3) is 15.9 Å². The smallest absolute Gasteiger partial charge is 0.410 e. The van der Waals surface area contributed by atoms with Crippen LogP contribution in [0, 0.1) is 11.8 Å². The number of carbonyl (C=O) groups is 2. The maximum atomic E-state index is 13.6. The first kappa shape index (κ1) is 35.1. The van der Waals surface area contributed by atoms with Crippen LogP contribution in [0.5, 0.6) is 5.75 Å². The van der Waals surface area contributed by atoms with Gasteiger partial charge in [0.15, 0.2) is 0 Å². The van der Waals surface area contributed by atoms with E-state index in [2.05, 4.69) is 9.62 Å². The number of nitrogens with one attached hydrogen (secondary N) is 1. The van der Waals surface area contributed by atoms with Gasteiger partial charge in [0.2, 0.25) is 0 Å². The van der Waals surface area contributed by atoms with Crippen molar-refractivity contribution in [1.82, 2.24) is 9.62 Å². The minimum absolute atomic E-state index is 0.00377. The lowest BCUT2D eigenvalue weighted by Crippen LogP contribution is -2.51. The van der Waals surface area contributed by atoms with Gasteiger partial charge in [-0.1, -0.05) is 23.7 Å². The Bertz CT molecular complexity index is 1780. The van der Waals surface area contributed by atoms with Crippen LogP contribution in [0.4, 0.5) is 10.5 Å². The summed E-state index contributed by atoms with van der Waals surface area (Å²) >= 11 is 6.40. The van der Waals surface area contributed by atoms with Crippen molar-refractivity contribution in [2.75, 3.05) is 58.1 Å². The molecule has 12 nitrogen and oxygen atoms in total. The zero-order valence-electron chi connectivity index (χ0n) is 28.6. The zero-order chi connectivity index (χ0) is 35.3. The highest BCUT2D eigenvalue weighted by Crippen LogP contribution is 2.46. The first-order chi connectivity index (χ1) is 23.8. The third kappa shape index (κ3) is 6.82. The average Bonchev–Trinajstić information content (AvgIpc) is 3.56. The monoisotopic (exact) mass is 729 g/mol. The number of likely N-dealkylation sites (N-methyl/N-ethyl adjacent to an activating group) is 1. The molecule has 2 amide bonds. The number of halogens is 1. The Labute approximate surface area is 298 Å². The lowest BCUT2D eigenvalue weighted by Gasteiger charge is -2.45. The number of fused-ring (bicyclic) bond motifs is 4. The van der Waals surface area contributed by atoms with E-state index in [1.165, 1.54) is 19.9 Å². The first-order valence-corrected chi connectivity index (χ1v) is 19.1. The van der Waals surface area contributed by atoms with Crippen molar-refractivity contribution >= 4 is 39.3 Å². The van der Waals surface area contributed by atoms with E-state index >= 15 is 0 Å². The van der Waals surface area contributed by atoms with E-state index in [1.54, 1.807) is 30.2 Å². The van der Waals surface area contributed by atoms with E-state index in [0.717, 1.165) is 30.4 Å². The molecule has 1 saturated carbocycles. The second-order valence-corrected chi connectivity index (χ2v) is 16.5. The molecule has 50 heavy (non-hydrogen) atoms. The van der Waals surface area contributed by atoms with Crippen LogP contribution < -0.4 is 14.4 Å². The van der Waals surface area contributed by atoms with E-state index in [1.807, 2.05) is 24.3 Å². The average molecular weight is 730 g/mol. The molecule has 0 radical (unpaired) electrons. The summed E-state index contributed by atoms with van der Waals surface area (Å²) in [6.07, 6.45) is 5.73. The summed E-state index contributed by atoms with van der Waals surface area (Å²) in [7, 11) is -2.54. The summed E-state index contributed by atoms with van der Waals surface area (Å²) in [4.78, 5) is 30.4. The Kier molecular flexibility index (Phi) is 9.57. The normalized spacial score (nSPS) is 30.8. The molecule has 4 heterocycles. The number of amides is 2. The fourth-order valence-corrected chi connectivity index (χ4v) is 8.84. The minimum Gasteiger partial charge on any atom is -0.488 e. The minimum atomic E-state index is -4.27. The van der Waals surface area contributed by atoms with Crippen LogP contribution in [-0.4, -0.2) is 96.2 Å². The van der Waals surface area contributed by atoms with Crippen LogP contribution in [-0.2, 0) is 45.8 Å². The first-order valence-electron chi connectivity index (χ1n) is 17.2. The van der Waals surface area contributed by atoms with Gasteiger partial charge in [0, 0.05) is 31.1 Å². The van der Waals surface area contributed by atoms with Gasteiger partial charge in [0.05, 0.1) is 43.0 Å². The number of hydrogen-bond acceptors (Lipinski definition) is 10. The number of carbonyl (C=O) groups excluding carboxylic acids is 2. The highest BCUT2D eigenvalue weighted by Gasteiger charge is 2.46. The summed E-state index contributed by atoms with van der Waals surface area (Å²) in [5.41, 5.74) is 0.293. The van der Waals surface area contributed by atoms with Gasteiger partial charge in [-0.2, -0.15) is 0 Å². The maximum Gasteiger partial charge on any atom is 0.410 e. The topological polar surface area (TPSA) is 133 Å². The van der Waals surface area contributed by atoms with Crippen LogP contribution in [0.3, 0.4) is 0 Å². The Morgan fingerprint density at radius 2 is 1.94 bits per heavy atom. The summed E-state index contributed by atoms with van der Waals surface area (Å²) in [5, 5.41) is 0.645. The van der Waals surface area contributed by atoms with E-state index in [9.17, 15) is 18.0 Å². The van der Waals surface area contributed by atoms with Crippen LogP contribution >= 0.6 is 11.6 Å². The maximum absolute atomic E-state index is 13.6. The zero-order valence-corrected chi connectivity index (χ0v) is 30.1. The van der Waals surface area contributed by atoms with Gasteiger partial charge in [-0.3, -0.25) is 4.79 Å². The molecule has 5 aliphatic rings. The lowest BCUT2D eigenvalue weighted by molar-refractivity contribution is -0.139. The van der Waals surface area contributed by atoms with Gasteiger partial charge in [-0.25, -0.2) is 17.9 Å². The van der Waals surface area contributed by atoms with E-state index < -0.39 is 39.3 Å². The summed E-state index contributed by atoms with van der Waals surface area (Å²) in [6, 6.07) is 10.4. The van der Waals surface area contributed by atoms with Gasteiger partial charge in [0.1, 0.15) is 29.7 Å². The van der Waals surface area contributed by atoms with E-state index in [-0.39, 0.29) is 36.0 Å². The standard InChI is InChI=1S/C36H44ClN3O9S/c1-35(2)33(41)38-50(43,44)27-8-11-32-30(18-27)40(21-36(22-46-32)29-10-7-25(37)17-23(29)12-16-48-36)19-24-6-9-28(24)31(5-4-14-47-35)49-34(42)39(3)26-13-15-45-20-26/h4-5,7-8,10-11,17-18,24,26,28,31H,6,9,12-16,19-22H2,1-3H3,(H,38,41)/b5-4-/t24-,26+,28+,31-,36+/m0/s1. The van der Waals surface area contributed by atoms with Crippen LogP contribution in [0.25, 0.3) is 0 Å². The van der Waals surface area contributed by atoms with Crippen molar-refractivity contribution < 1.29 is 41.7 Å². The number of rotatable bonds is 2. The Morgan fingerprint density at radius 1 is 1.10 bits per heavy atom. The number of benzene rings is 2. The molecule has 270 valence electrons. The van der Waals surface area contributed by atoms with Crippen molar-refractivity contribution in [3.05, 3.63) is 64.7 Å². The molecule has 1 aliphatic carbocycles. The third-order valence-electron chi connectivity index (χ3n) is 10.8. The molecule has 2 bridgehead atoms. The van der Waals surface area contributed by atoms with E-state index in [4.69, 9.17) is 35.3 Å². The highest BCUT2D eigenvalue weighted by atomic mass is 35.5. The number of anilines is 1. The molecule has 4 aliphatic heterocycles. The van der Waals surface area contributed by atoms with Crippen LogP contribution in [0.2, 0.25) is 5.02 Å². The molecule has 0 unspecified atom stereocenters. The van der Waals surface area contributed by atoms with Crippen molar-refractivity contribution in [2.24, 2.45) is 11.8 Å². The predicted molar refractivity (Wildman–Crippen MR) is 185 cm³/mol. The fraction of sp³-hybridized carbons (Fsp3) is 0.556. The Balaban J connectivity index is 1.27. The number of hydrogen-bond donors (Lipinski definition) is 1. The molecule has 1 saturated heterocycles. The number of ether oxygens (including phenoxy) is 5. The molecule has 1 N–H and O–H groups in total. The fourth-order valence-electron chi connectivity index (χ4n) is 7.53. The summed E-state index contributed by atoms with van der Waals surface area (Å²) in [5.74, 6) is -0.255. The quantitative estimate of drug-likeness (QED) is 0.443. The highest BCUT2D eigenvalue weighted by molar-refractivity contribution is 7.90. The second-order valence-electron chi connectivity index (χ2n) is 14.4. The SMILES string of the molecule is CN(C(=O)O[C@H]1/C=C\COC(C)(C)C(=O)NS(=O)(=O)c2ccc3c(c2)N(C[C@@H]2CC[C@H]21)C[C@]1(CO3)OCCc2cc(Cl)ccc21)[C@@H]1CCOC1. The van der Waals surface area contributed by atoms with Crippen LogP contribution in [0.15, 0.2) is 53.4 Å². The Hall–Kier alpha value is -3.36. The predicted octanol–water partition coefficient (Wildman–Crippen LogP) is 4.43. The molecule has 14 heteroatoms. The third-order valence-corrected chi connectivity index (χ3v) is 12.3. The van der Waals surface area contributed by atoms with Crippen molar-refractivity contribution in [3.63, 3.8) is 0 Å².